The maximum absolute atomic E-state index is 11.5. The van der Waals surface area contributed by atoms with Crippen LogP contribution in [0, 0.1) is 0 Å². The van der Waals surface area contributed by atoms with E-state index >= 15 is 0 Å². The van der Waals surface area contributed by atoms with Gasteiger partial charge in [-0.3, -0.25) is 14.4 Å². The van der Waals surface area contributed by atoms with Gasteiger partial charge in [0.15, 0.2) is 0 Å². The Morgan fingerprint density at radius 1 is 0.852 bits per heavy atom. The molecule has 0 rings (SSSR count). The fourth-order valence-corrected chi connectivity index (χ4v) is 2.30. The fraction of sp³-hybridized carbons (Fsp3) is 0.750. The lowest BCUT2D eigenvalue weighted by atomic mass is 10.1. The van der Waals surface area contributed by atoms with Crippen LogP contribution >= 0.6 is 0 Å². The lowest BCUT2D eigenvalue weighted by molar-refractivity contribution is -0.144. The molecule has 0 aliphatic heterocycles. The molecule has 0 unspecified atom stereocenters. The lowest BCUT2D eigenvalue weighted by Gasteiger charge is -2.05. The molecule has 0 saturated carbocycles. The van der Waals surface area contributed by atoms with Gasteiger partial charge in [-0.05, 0) is 44.9 Å². The smallest absolute Gasteiger partial charge is 0.309 e. The molecule has 0 heterocycles. The maximum Gasteiger partial charge on any atom is 0.309 e. The average Bonchev–Trinajstić information content (AvgIpc) is 2.66. The second-order valence-electron chi connectivity index (χ2n) is 6.38. The number of unbranched alkanes of at least 4 members (excludes halogenated alkanes) is 6. The van der Waals surface area contributed by atoms with Crippen LogP contribution in [0.4, 0.5) is 0 Å². The van der Waals surface area contributed by atoms with Crippen LogP contribution in [0.3, 0.4) is 0 Å². The number of carbonyl (C=O) groups excluding carboxylic acids is 3. The van der Waals surface area contributed by atoms with Crippen LogP contribution in [0.2, 0.25) is 0 Å². The number of aliphatic hydroxyl groups is 1. The Hall–Kier alpha value is -1.89. The van der Waals surface area contributed by atoms with Gasteiger partial charge < -0.3 is 20.5 Å². The molecular formula is C20H36N2O5. The summed E-state index contributed by atoms with van der Waals surface area (Å²) in [6, 6.07) is 0. The molecule has 0 bridgehead atoms. The zero-order valence-electron chi connectivity index (χ0n) is 16.6. The highest BCUT2D eigenvalue weighted by Gasteiger charge is 2.10. The van der Waals surface area contributed by atoms with Gasteiger partial charge in [-0.2, -0.15) is 0 Å². The van der Waals surface area contributed by atoms with Crippen molar-refractivity contribution < 1.29 is 24.2 Å². The van der Waals surface area contributed by atoms with Crippen LogP contribution in [0.1, 0.15) is 71.1 Å². The van der Waals surface area contributed by atoms with Gasteiger partial charge in [0, 0.05) is 19.5 Å². The van der Waals surface area contributed by atoms with Crippen LogP contribution in [0.25, 0.3) is 0 Å². The Balaban J connectivity index is 3.41. The normalized spacial score (nSPS) is 10.7. The second-order valence-corrected chi connectivity index (χ2v) is 6.38. The second kappa shape index (κ2) is 18.9. The molecule has 0 radical (unpaired) electrons. The summed E-state index contributed by atoms with van der Waals surface area (Å²) in [5.41, 5.74) is 0. The number of allylic oxidation sites excluding steroid dienone is 2. The minimum absolute atomic E-state index is 0.0808. The monoisotopic (exact) mass is 384 g/mol. The van der Waals surface area contributed by atoms with E-state index in [1.54, 1.807) is 0 Å². The van der Waals surface area contributed by atoms with Crippen molar-refractivity contribution in [3.05, 3.63) is 12.2 Å². The highest BCUT2D eigenvalue weighted by molar-refractivity contribution is 6.35. The molecular weight excluding hydrogens is 348 g/mol. The largest absolute Gasteiger partial charge is 0.463 e. The van der Waals surface area contributed by atoms with Gasteiger partial charge in [-0.25, -0.2) is 0 Å². The number of ether oxygens (including phenoxy) is 1. The summed E-state index contributed by atoms with van der Waals surface area (Å²) in [5.74, 6) is -1.35. The molecule has 7 nitrogen and oxygen atoms in total. The number of nitrogens with one attached hydrogen (secondary N) is 2. The topological polar surface area (TPSA) is 105 Å². The maximum atomic E-state index is 11.5. The molecule has 0 saturated heterocycles. The van der Waals surface area contributed by atoms with Crippen molar-refractivity contribution in [2.45, 2.75) is 71.1 Å². The Morgan fingerprint density at radius 3 is 2.04 bits per heavy atom. The first kappa shape index (κ1) is 25.1. The van der Waals surface area contributed by atoms with Crippen LogP contribution < -0.4 is 10.6 Å². The van der Waals surface area contributed by atoms with E-state index in [0.717, 1.165) is 57.8 Å². The fourth-order valence-electron chi connectivity index (χ4n) is 2.30. The summed E-state index contributed by atoms with van der Waals surface area (Å²) >= 11 is 0. The van der Waals surface area contributed by atoms with Gasteiger partial charge in [0.2, 0.25) is 0 Å². The summed E-state index contributed by atoms with van der Waals surface area (Å²) in [6.07, 6.45) is 13.1. The molecule has 0 aliphatic carbocycles. The number of aliphatic hydroxyl groups excluding tert-OH is 1. The van der Waals surface area contributed by atoms with E-state index in [0.29, 0.717) is 19.5 Å². The lowest BCUT2D eigenvalue weighted by Crippen LogP contribution is -2.40. The van der Waals surface area contributed by atoms with Gasteiger partial charge in [0.05, 0.1) is 6.61 Å². The molecule has 27 heavy (non-hydrogen) atoms. The number of amides is 2. The highest BCUT2D eigenvalue weighted by atomic mass is 16.5. The third kappa shape index (κ3) is 17.3. The van der Waals surface area contributed by atoms with Crippen molar-refractivity contribution in [2.75, 3.05) is 26.3 Å². The van der Waals surface area contributed by atoms with E-state index in [1.165, 1.54) is 0 Å². The molecule has 0 aliphatic rings. The minimum atomic E-state index is -0.554. The first-order chi connectivity index (χ1) is 13.1. The van der Waals surface area contributed by atoms with Gasteiger partial charge in [-0.15, -0.1) is 0 Å². The molecule has 0 fully saturated rings. The van der Waals surface area contributed by atoms with Crippen molar-refractivity contribution in [3.63, 3.8) is 0 Å². The average molecular weight is 385 g/mol. The van der Waals surface area contributed by atoms with Crippen LogP contribution in [0.5, 0.6) is 0 Å². The van der Waals surface area contributed by atoms with E-state index in [4.69, 9.17) is 9.84 Å². The minimum Gasteiger partial charge on any atom is -0.463 e. The first-order valence-electron chi connectivity index (χ1n) is 10.1. The van der Waals surface area contributed by atoms with Gasteiger partial charge in [0.1, 0.15) is 6.61 Å². The van der Waals surface area contributed by atoms with Crippen molar-refractivity contribution in [3.8, 4) is 0 Å². The zero-order chi connectivity index (χ0) is 20.2. The molecule has 0 atom stereocenters. The number of carbonyl (C=O) groups is 3. The summed E-state index contributed by atoms with van der Waals surface area (Å²) in [7, 11) is 0. The van der Waals surface area contributed by atoms with E-state index < -0.39 is 11.8 Å². The molecule has 0 aromatic rings. The van der Waals surface area contributed by atoms with Crippen molar-refractivity contribution in [1.82, 2.24) is 10.6 Å². The van der Waals surface area contributed by atoms with Crippen LogP contribution in [0.15, 0.2) is 12.2 Å². The molecule has 0 aromatic carbocycles. The van der Waals surface area contributed by atoms with Crippen molar-refractivity contribution in [1.29, 1.82) is 0 Å². The summed E-state index contributed by atoms with van der Waals surface area (Å²) < 4.78 is 4.78. The zero-order valence-corrected chi connectivity index (χ0v) is 16.6. The molecule has 3 N–H and O–H groups in total. The first-order valence-corrected chi connectivity index (χ1v) is 10.1. The standard InChI is InChI=1S/C20H36N2O5/c1-2-3-14-21-19(25)20(26)22-15-12-10-8-6-4-5-7-9-11-13-18(24)27-17-16-23/h4,6,23H,2-3,5,7-17H2,1H3,(H,21,25)(H,22,26)/b6-4+. The number of rotatable bonds is 16. The number of esters is 1. The number of hydrogen-bond donors (Lipinski definition) is 3. The molecule has 156 valence electrons. The summed E-state index contributed by atoms with van der Waals surface area (Å²) in [6.45, 7) is 3.04. The predicted molar refractivity (Wildman–Crippen MR) is 105 cm³/mol. The molecule has 7 heteroatoms. The predicted octanol–water partition coefficient (Wildman–Crippen LogP) is 2.23. The summed E-state index contributed by atoms with van der Waals surface area (Å²) in [4.78, 5) is 34.2. The SMILES string of the molecule is CCCCNC(=O)C(=O)NCCCC/C=C/CCCCCC(=O)OCCO. The molecule has 0 spiro atoms. The van der Waals surface area contributed by atoms with E-state index in [1.807, 2.05) is 6.92 Å². The Labute approximate surface area is 162 Å². The Bertz CT molecular complexity index is 438. The third-order valence-electron chi connectivity index (χ3n) is 3.88. The highest BCUT2D eigenvalue weighted by Crippen LogP contribution is 2.05. The number of hydrogen-bond acceptors (Lipinski definition) is 5. The van der Waals surface area contributed by atoms with Crippen LogP contribution in [-0.4, -0.2) is 49.2 Å². The van der Waals surface area contributed by atoms with Gasteiger partial charge in [-0.1, -0.05) is 31.9 Å². The van der Waals surface area contributed by atoms with E-state index in [9.17, 15) is 14.4 Å². The van der Waals surface area contributed by atoms with Gasteiger partial charge in [0.25, 0.3) is 0 Å². The van der Waals surface area contributed by atoms with Crippen LogP contribution in [-0.2, 0) is 19.1 Å². The van der Waals surface area contributed by atoms with E-state index in [2.05, 4.69) is 22.8 Å². The van der Waals surface area contributed by atoms with Crippen molar-refractivity contribution in [2.24, 2.45) is 0 Å². The quantitative estimate of drug-likeness (QED) is 0.164. The van der Waals surface area contributed by atoms with Crippen molar-refractivity contribution >= 4 is 17.8 Å². The summed E-state index contributed by atoms with van der Waals surface area (Å²) in [5, 5.41) is 13.8. The van der Waals surface area contributed by atoms with E-state index in [-0.39, 0.29) is 19.2 Å². The Morgan fingerprint density at radius 2 is 1.44 bits per heavy atom. The van der Waals surface area contributed by atoms with Gasteiger partial charge >= 0.3 is 17.8 Å². The third-order valence-corrected chi connectivity index (χ3v) is 3.88. The molecule has 2 amide bonds. The Kier molecular flexibility index (Phi) is 17.6. The molecule has 0 aromatic heterocycles.